The van der Waals surface area contributed by atoms with Crippen LogP contribution in [0.25, 0.3) is 0 Å². The van der Waals surface area contributed by atoms with Crippen LogP contribution in [-0.2, 0) is 17.5 Å². The van der Waals surface area contributed by atoms with Gasteiger partial charge in [0.05, 0.1) is 18.2 Å². The summed E-state index contributed by atoms with van der Waals surface area (Å²) in [5, 5.41) is 5.20. The minimum atomic E-state index is -4.44. The Balaban J connectivity index is 2.06. The lowest BCUT2D eigenvalue weighted by Crippen LogP contribution is -2.38. The van der Waals surface area contributed by atoms with Crippen LogP contribution in [0.5, 0.6) is 0 Å². The van der Waals surface area contributed by atoms with Crippen LogP contribution in [0.1, 0.15) is 17.5 Å². The van der Waals surface area contributed by atoms with E-state index in [1.807, 2.05) is 0 Å². The molecule has 0 radical (unpaired) electrons. The fourth-order valence-corrected chi connectivity index (χ4v) is 2.05. The van der Waals surface area contributed by atoms with Crippen LogP contribution >= 0.6 is 0 Å². The maximum absolute atomic E-state index is 12.6. The maximum atomic E-state index is 12.6. The van der Waals surface area contributed by atoms with Crippen LogP contribution in [0.4, 0.5) is 23.7 Å². The van der Waals surface area contributed by atoms with Gasteiger partial charge in [-0.25, -0.2) is 4.79 Å². The molecular weight excluding hydrogens is 287 g/mol. The van der Waals surface area contributed by atoms with Gasteiger partial charge in [0.2, 0.25) is 0 Å². The summed E-state index contributed by atoms with van der Waals surface area (Å²) in [6.45, 7) is 0.912. The van der Waals surface area contributed by atoms with Crippen molar-refractivity contribution in [3.63, 3.8) is 0 Å². The smallest absolute Gasteiger partial charge is 0.379 e. The van der Waals surface area contributed by atoms with Gasteiger partial charge in [0.1, 0.15) is 0 Å². The highest BCUT2D eigenvalue weighted by Gasteiger charge is 2.31. The molecule has 1 atom stereocenters. The molecule has 116 valence electrons. The number of hydrogen-bond acceptors (Lipinski definition) is 3. The van der Waals surface area contributed by atoms with Crippen molar-refractivity contribution >= 4 is 11.7 Å². The van der Waals surface area contributed by atoms with Gasteiger partial charge in [0.15, 0.2) is 0 Å². The van der Waals surface area contributed by atoms with Gasteiger partial charge in [0, 0.05) is 18.8 Å². The summed E-state index contributed by atoms with van der Waals surface area (Å²) in [7, 11) is 0. The van der Waals surface area contributed by atoms with Gasteiger partial charge < -0.3 is 21.1 Å². The molecule has 0 aliphatic carbocycles. The number of nitrogens with two attached hydrogens (primary N) is 1. The predicted molar refractivity (Wildman–Crippen MR) is 70.7 cm³/mol. The van der Waals surface area contributed by atoms with E-state index in [9.17, 15) is 18.0 Å². The first-order chi connectivity index (χ1) is 9.90. The molecule has 1 aromatic rings. The Morgan fingerprint density at radius 1 is 1.43 bits per heavy atom. The minimum absolute atomic E-state index is 0.0826. The van der Waals surface area contributed by atoms with Crippen LogP contribution in [0.3, 0.4) is 0 Å². The Morgan fingerprint density at radius 3 is 2.76 bits per heavy atom. The summed E-state index contributed by atoms with van der Waals surface area (Å²) in [6, 6.07) is 2.48. The zero-order valence-electron chi connectivity index (χ0n) is 11.2. The number of amides is 2. The molecule has 4 N–H and O–H groups in total. The fraction of sp³-hybridized carbons (Fsp3) is 0.462. The van der Waals surface area contributed by atoms with Gasteiger partial charge in [-0.1, -0.05) is 0 Å². The second kappa shape index (κ2) is 6.31. The van der Waals surface area contributed by atoms with Gasteiger partial charge in [0.25, 0.3) is 0 Å². The zero-order valence-corrected chi connectivity index (χ0v) is 11.2. The third-order valence-corrected chi connectivity index (χ3v) is 3.17. The van der Waals surface area contributed by atoms with Crippen molar-refractivity contribution in [2.75, 3.05) is 18.5 Å². The summed E-state index contributed by atoms with van der Waals surface area (Å²) < 4.78 is 43.0. The van der Waals surface area contributed by atoms with Crippen LogP contribution in [0, 0.1) is 0 Å². The SMILES string of the molecule is NCc1cc(C(F)(F)F)ccc1NC(=O)NC1CCOC1. The van der Waals surface area contributed by atoms with E-state index in [2.05, 4.69) is 10.6 Å². The monoisotopic (exact) mass is 303 g/mol. The lowest BCUT2D eigenvalue weighted by molar-refractivity contribution is -0.137. The van der Waals surface area contributed by atoms with E-state index >= 15 is 0 Å². The lowest BCUT2D eigenvalue weighted by Gasteiger charge is -2.15. The average molecular weight is 303 g/mol. The van der Waals surface area contributed by atoms with Gasteiger partial charge >= 0.3 is 12.2 Å². The minimum Gasteiger partial charge on any atom is -0.379 e. The van der Waals surface area contributed by atoms with Crippen molar-refractivity contribution in [1.29, 1.82) is 0 Å². The van der Waals surface area contributed by atoms with Crippen LogP contribution in [-0.4, -0.2) is 25.3 Å². The topological polar surface area (TPSA) is 76.4 Å². The molecule has 1 heterocycles. The van der Waals surface area contributed by atoms with E-state index in [1.165, 1.54) is 6.07 Å². The number of benzene rings is 1. The van der Waals surface area contributed by atoms with Crippen molar-refractivity contribution in [3.8, 4) is 0 Å². The molecule has 0 aromatic heterocycles. The lowest BCUT2D eigenvalue weighted by atomic mass is 10.1. The van der Waals surface area contributed by atoms with E-state index in [0.29, 0.717) is 19.6 Å². The molecule has 1 unspecified atom stereocenters. The Labute approximate surface area is 119 Å². The van der Waals surface area contributed by atoms with Crippen molar-refractivity contribution in [2.45, 2.75) is 25.2 Å². The standard InChI is InChI=1S/C13H16F3N3O2/c14-13(15,16)9-1-2-11(8(5-9)6-17)19-12(20)18-10-3-4-21-7-10/h1-2,5,10H,3-4,6-7,17H2,(H2,18,19,20). The molecule has 1 saturated heterocycles. The number of carbonyl (C=O) groups excluding carboxylic acids is 1. The quantitative estimate of drug-likeness (QED) is 0.800. The van der Waals surface area contributed by atoms with Crippen LogP contribution in [0.15, 0.2) is 18.2 Å². The van der Waals surface area contributed by atoms with Gasteiger partial charge in [-0.2, -0.15) is 13.2 Å². The Hall–Kier alpha value is -1.80. The van der Waals surface area contributed by atoms with Crippen molar-refractivity contribution in [2.24, 2.45) is 5.73 Å². The van der Waals surface area contributed by atoms with Crippen LogP contribution < -0.4 is 16.4 Å². The maximum Gasteiger partial charge on any atom is 0.416 e. The molecule has 2 amide bonds. The van der Waals surface area contributed by atoms with E-state index in [4.69, 9.17) is 10.5 Å². The molecule has 8 heteroatoms. The largest absolute Gasteiger partial charge is 0.416 e. The second-order valence-electron chi connectivity index (χ2n) is 4.73. The van der Waals surface area contributed by atoms with Crippen molar-refractivity contribution in [3.05, 3.63) is 29.3 Å². The van der Waals surface area contributed by atoms with Crippen molar-refractivity contribution < 1.29 is 22.7 Å². The highest BCUT2D eigenvalue weighted by Crippen LogP contribution is 2.31. The molecule has 0 bridgehead atoms. The number of urea groups is 1. The first kappa shape index (κ1) is 15.6. The van der Waals surface area contributed by atoms with Gasteiger partial charge in [-0.05, 0) is 30.2 Å². The summed E-state index contributed by atoms with van der Waals surface area (Å²) in [6.07, 6.45) is -3.73. The highest BCUT2D eigenvalue weighted by molar-refractivity contribution is 5.90. The van der Waals surface area contributed by atoms with Crippen LogP contribution in [0.2, 0.25) is 0 Å². The molecule has 2 rings (SSSR count). The number of alkyl halides is 3. The normalized spacial score (nSPS) is 18.6. The molecule has 1 aliphatic heterocycles. The number of nitrogens with one attached hydrogen (secondary N) is 2. The molecule has 5 nitrogen and oxygen atoms in total. The molecule has 0 saturated carbocycles. The third-order valence-electron chi connectivity index (χ3n) is 3.17. The number of halogens is 3. The third kappa shape index (κ3) is 4.08. The Bertz CT molecular complexity index is 514. The predicted octanol–water partition coefficient (Wildman–Crippen LogP) is 2.07. The fourth-order valence-electron chi connectivity index (χ4n) is 2.05. The van der Waals surface area contributed by atoms with E-state index in [1.54, 1.807) is 0 Å². The number of anilines is 1. The first-order valence-corrected chi connectivity index (χ1v) is 6.45. The van der Waals surface area contributed by atoms with Gasteiger partial charge in [-0.3, -0.25) is 0 Å². The van der Waals surface area contributed by atoms with E-state index in [0.717, 1.165) is 12.1 Å². The van der Waals surface area contributed by atoms with Gasteiger partial charge in [-0.15, -0.1) is 0 Å². The first-order valence-electron chi connectivity index (χ1n) is 6.45. The summed E-state index contributed by atoms with van der Waals surface area (Å²) >= 11 is 0. The molecule has 1 aliphatic rings. The Morgan fingerprint density at radius 2 is 2.19 bits per heavy atom. The number of rotatable bonds is 3. The average Bonchev–Trinajstić information content (AvgIpc) is 2.90. The Kier molecular flexibility index (Phi) is 4.69. The highest BCUT2D eigenvalue weighted by atomic mass is 19.4. The zero-order chi connectivity index (χ0) is 15.5. The summed E-state index contributed by atoms with van der Waals surface area (Å²) in [5.41, 5.74) is 5.14. The number of hydrogen-bond donors (Lipinski definition) is 3. The van der Waals surface area contributed by atoms with E-state index < -0.39 is 17.8 Å². The number of carbonyl (C=O) groups is 1. The molecule has 21 heavy (non-hydrogen) atoms. The summed E-state index contributed by atoms with van der Waals surface area (Å²) in [5.74, 6) is 0. The number of ether oxygens (including phenoxy) is 1. The molecular formula is C13H16F3N3O2. The molecule has 1 fully saturated rings. The molecule has 1 aromatic carbocycles. The van der Waals surface area contributed by atoms with Crippen molar-refractivity contribution in [1.82, 2.24) is 5.32 Å². The van der Waals surface area contributed by atoms with E-state index in [-0.39, 0.29) is 23.8 Å². The second-order valence-corrected chi connectivity index (χ2v) is 4.73. The molecule has 0 spiro atoms. The summed E-state index contributed by atoms with van der Waals surface area (Å²) in [4.78, 5) is 11.8.